The van der Waals surface area contributed by atoms with Gasteiger partial charge in [0.15, 0.2) is 9.84 Å². The van der Waals surface area contributed by atoms with Crippen LogP contribution in [-0.2, 0) is 21.2 Å². The Morgan fingerprint density at radius 1 is 1.11 bits per heavy atom. The van der Waals surface area contributed by atoms with Gasteiger partial charge in [0, 0.05) is 5.69 Å². The number of carbonyl (C=O) groups is 1. The van der Waals surface area contributed by atoms with Gasteiger partial charge in [-0.1, -0.05) is 38.1 Å². The lowest BCUT2D eigenvalue weighted by Gasteiger charge is -2.26. The van der Waals surface area contributed by atoms with Crippen molar-refractivity contribution < 1.29 is 17.9 Å². The van der Waals surface area contributed by atoms with Gasteiger partial charge in [-0.15, -0.1) is 0 Å². The van der Waals surface area contributed by atoms with Crippen molar-refractivity contribution >= 4 is 21.4 Å². The molecule has 0 unspecified atom stereocenters. The van der Waals surface area contributed by atoms with Crippen LogP contribution in [0, 0.1) is 5.92 Å². The number of sulfone groups is 1. The Hall–Kier alpha value is -2.34. The third kappa shape index (κ3) is 4.73. The van der Waals surface area contributed by atoms with Gasteiger partial charge in [-0.2, -0.15) is 0 Å². The number of anilines is 1. The first-order valence-corrected chi connectivity index (χ1v) is 11.4. The summed E-state index contributed by atoms with van der Waals surface area (Å²) in [6, 6.07) is 15.5. The third-order valence-electron chi connectivity index (χ3n) is 5.22. The summed E-state index contributed by atoms with van der Waals surface area (Å²) in [6.07, 6.45) is 0.389. The predicted octanol–water partition coefficient (Wildman–Crippen LogP) is 3.79. The quantitative estimate of drug-likeness (QED) is 0.739. The van der Waals surface area contributed by atoms with Gasteiger partial charge in [-0.05, 0) is 47.7 Å². The molecule has 1 amide bonds. The van der Waals surface area contributed by atoms with Crippen molar-refractivity contribution in [1.82, 2.24) is 0 Å². The molecular weight excluding hydrogens is 374 g/mol. The highest BCUT2D eigenvalue weighted by molar-refractivity contribution is 7.91. The number of methoxy groups -OCH3 is 1. The fourth-order valence-electron chi connectivity index (χ4n) is 3.46. The lowest BCUT2D eigenvalue weighted by molar-refractivity contribution is -0.121. The molecule has 0 bridgehead atoms. The van der Waals surface area contributed by atoms with Crippen LogP contribution in [0.25, 0.3) is 0 Å². The van der Waals surface area contributed by atoms with E-state index in [9.17, 15) is 13.2 Å². The van der Waals surface area contributed by atoms with Crippen LogP contribution >= 0.6 is 0 Å². The van der Waals surface area contributed by atoms with Crippen molar-refractivity contribution in [2.45, 2.75) is 32.7 Å². The molecule has 1 saturated heterocycles. The molecule has 1 heterocycles. The summed E-state index contributed by atoms with van der Waals surface area (Å²) in [6.45, 7) is 4.69. The molecule has 150 valence electrons. The largest absolute Gasteiger partial charge is 0.497 e. The maximum atomic E-state index is 13.2. The van der Waals surface area contributed by atoms with E-state index in [0.717, 1.165) is 11.3 Å². The van der Waals surface area contributed by atoms with Gasteiger partial charge in [0.25, 0.3) is 0 Å². The number of hydrogen-bond acceptors (Lipinski definition) is 4. The van der Waals surface area contributed by atoms with Gasteiger partial charge in [0.2, 0.25) is 5.91 Å². The Labute approximate surface area is 167 Å². The minimum atomic E-state index is -3.12. The van der Waals surface area contributed by atoms with Crippen LogP contribution in [0.1, 0.15) is 37.3 Å². The Bertz CT molecular complexity index is 918. The molecule has 3 rings (SSSR count). The van der Waals surface area contributed by atoms with Crippen molar-refractivity contribution in [1.29, 1.82) is 0 Å². The smallest absolute Gasteiger partial charge is 0.231 e. The number of carbonyl (C=O) groups excluding carboxylic acids is 1. The topological polar surface area (TPSA) is 63.7 Å². The lowest BCUT2D eigenvalue weighted by atomic mass is 10.0. The fraction of sp³-hybridized carbons (Fsp3) is 0.409. The predicted molar refractivity (Wildman–Crippen MR) is 111 cm³/mol. The number of hydrogen-bond donors (Lipinski definition) is 0. The normalized spacial score (nSPS) is 18.2. The van der Waals surface area contributed by atoms with Crippen LogP contribution in [0.4, 0.5) is 5.69 Å². The SMILES string of the molecule is COc1ccc(N(Cc2ccc(C(C)C)cc2)C(=O)[C@@H]2CCS(=O)(=O)C2)cc1. The highest BCUT2D eigenvalue weighted by Crippen LogP contribution is 2.27. The Balaban J connectivity index is 1.88. The molecule has 28 heavy (non-hydrogen) atoms. The third-order valence-corrected chi connectivity index (χ3v) is 6.99. The summed E-state index contributed by atoms with van der Waals surface area (Å²) in [5, 5.41) is 0. The van der Waals surface area contributed by atoms with E-state index in [2.05, 4.69) is 26.0 Å². The van der Waals surface area contributed by atoms with Crippen LogP contribution in [0.5, 0.6) is 5.75 Å². The second kappa shape index (κ2) is 8.35. The van der Waals surface area contributed by atoms with E-state index in [-0.39, 0.29) is 17.4 Å². The van der Waals surface area contributed by atoms with E-state index >= 15 is 0 Å². The van der Waals surface area contributed by atoms with Crippen molar-refractivity contribution in [2.24, 2.45) is 5.92 Å². The van der Waals surface area contributed by atoms with Gasteiger partial charge in [0.1, 0.15) is 5.75 Å². The van der Waals surface area contributed by atoms with Crippen molar-refractivity contribution in [3.63, 3.8) is 0 Å². The summed E-state index contributed by atoms with van der Waals surface area (Å²) in [5.74, 6) is 0.549. The summed E-state index contributed by atoms with van der Waals surface area (Å²) < 4.78 is 28.9. The van der Waals surface area contributed by atoms with Crippen molar-refractivity contribution in [3.8, 4) is 5.75 Å². The first kappa shape index (κ1) is 20.4. The summed E-state index contributed by atoms with van der Waals surface area (Å²) in [5.41, 5.74) is 2.99. The average Bonchev–Trinajstić information content (AvgIpc) is 3.06. The molecule has 1 aliphatic heterocycles. The lowest BCUT2D eigenvalue weighted by Crippen LogP contribution is -2.36. The van der Waals surface area contributed by atoms with Gasteiger partial charge >= 0.3 is 0 Å². The maximum absolute atomic E-state index is 13.2. The zero-order valence-corrected chi connectivity index (χ0v) is 17.4. The van der Waals surface area contributed by atoms with Crippen LogP contribution in [0.3, 0.4) is 0 Å². The van der Waals surface area contributed by atoms with E-state index in [0.29, 0.717) is 24.6 Å². The molecule has 0 aliphatic carbocycles. The van der Waals surface area contributed by atoms with E-state index < -0.39 is 15.8 Å². The first-order chi connectivity index (χ1) is 13.3. The zero-order chi connectivity index (χ0) is 20.3. The second-order valence-corrected chi connectivity index (χ2v) is 9.85. The molecule has 2 aromatic carbocycles. The monoisotopic (exact) mass is 401 g/mol. The molecule has 6 heteroatoms. The molecule has 1 aliphatic rings. The first-order valence-electron chi connectivity index (χ1n) is 9.54. The Kier molecular flexibility index (Phi) is 6.08. The fourth-order valence-corrected chi connectivity index (χ4v) is 5.19. The summed E-state index contributed by atoms with van der Waals surface area (Å²) >= 11 is 0. The van der Waals surface area contributed by atoms with Gasteiger partial charge < -0.3 is 9.64 Å². The molecule has 1 fully saturated rings. The molecule has 2 aromatic rings. The second-order valence-electron chi connectivity index (χ2n) is 7.62. The van der Waals surface area contributed by atoms with Crippen LogP contribution in [-0.4, -0.2) is 32.9 Å². The Morgan fingerprint density at radius 3 is 2.25 bits per heavy atom. The molecule has 0 spiro atoms. The van der Waals surface area contributed by atoms with E-state index in [1.54, 1.807) is 12.0 Å². The van der Waals surface area contributed by atoms with Crippen LogP contribution in [0.15, 0.2) is 48.5 Å². The van der Waals surface area contributed by atoms with Crippen LogP contribution in [0.2, 0.25) is 0 Å². The molecule has 5 nitrogen and oxygen atoms in total. The van der Waals surface area contributed by atoms with Crippen molar-refractivity contribution in [2.75, 3.05) is 23.5 Å². The van der Waals surface area contributed by atoms with E-state index in [4.69, 9.17) is 4.74 Å². The maximum Gasteiger partial charge on any atom is 0.231 e. The summed E-state index contributed by atoms with van der Waals surface area (Å²) in [7, 11) is -1.53. The Morgan fingerprint density at radius 2 is 1.75 bits per heavy atom. The number of amides is 1. The molecule has 0 radical (unpaired) electrons. The van der Waals surface area contributed by atoms with Gasteiger partial charge in [0.05, 0.1) is 31.1 Å². The van der Waals surface area contributed by atoms with Crippen molar-refractivity contribution in [3.05, 3.63) is 59.7 Å². The average molecular weight is 402 g/mol. The van der Waals surface area contributed by atoms with Gasteiger partial charge in [-0.3, -0.25) is 4.79 Å². The molecule has 0 N–H and O–H groups in total. The van der Waals surface area contributed by atoms with Gasteiger partial charge in [-0.25, -0.2) is 8.42 Å². The van der Waals surface area contributed by atoms with Crippen LogP contribution < -0.4 is 9.64 Å². The number of rotatable bonds is 6. The minimum absolute atomic E-state index is 0.0647. The number of nitrogens with zero attached hydrogens (tertiary/aromatic N) is 1. The zero-order valence-electron chi connectivity index (χ0n) is 16.6. The molecule has 1 atom stereocenters. The number of ether oxygens (including phenoxy) is 1. The van der Waals surface area contributed by atoms with E-state index in [1.807, 2.05) is 36.4 Å². The summed E-state index contributed by atoms with van der Waals surface area (Å²) in [4.78, 5) is 14.9. The molecule has 0 saturated carbocycles. The van der Waals surface area contributed by atoms with E-state index in [1.165, 1.54) is 5.56 Å². The minimum Gasteiger partial charge on any atom is -0.497 e. The number of benzene rings is 2. The molecule has 0 aromatic heterocycles. The highest BCUT2D eigenvalue weighted by Gasteiger charge is 2.35. The highest BCUT2D eigenvalue weighted by atomic mass is 32.2. The molecular formula is C22H27NO4S. The standard InChI is InChI=1S/C22H27NO4S/c1-16(2)18-6-4-17(5-7-18)14-23(20-8-10-21(27-3)11-9-20)22(24)19-12-13-28(25,26)15-19/h4-11,16,19H,12-15H2,1-3H3/t19-/m1/s1.